The van der Waals surface area contributed by atoms with Gasteiger partial charge in [-0.1, -0.05) is 24.3 Å². The summed E-state index contributed by atoms with van der Waals surface area (Å²) in [5.41, 5.74) is 7.01. The Kier molecular flexibility index (Phi) is 5.47. The van der Waals surface area contributed by atoms with Gasteiger partial charge in [-0.15, -0.1) is 0 Å². The van der Waals surface area contributed by atoms with E-state index in [1.54, 1.807) is 12.2 Å². The topological polar surface area (TPSA) is 61.6 Å². The molecule has 0 atom stereocenters. The second kappa shape index (κ2) is 6.64. The predicted octanol–water partition coefficient (Wildman–Crippen LogP) is -1.11. The maximum atomic E-state index is 10.5. The van der Waals surface area contributed by atoms with Crippen molar-refractivity contribution in [1.82, 2.24) is 0 Å². The molecule has 2 N–H and O–H groups in total. The van der Waals surface area contributed by atoms with E-state index in [9.17, 15) is 4.79 Å². The van der Waals surface area contributed by atoms with Gasteiger partial charge in [-0.25, -0.2) is 0 Å². The molecule has 5 heteroatoms. The Morgan fingerprint density at radius 1 is 1.39 bits per heavy atom. The summed E-state index contributed by atoms with van der Waals surface area (Å²) in [6.07, 6.45) is 6.55. The van der Waals surface area contributed by atoms with Gasteiger partial charge >= 0.3 is 29.6 Å². The predicted molar refractivity (Wildman–Crippen MR) is 65.8 cm³/mol. The van der Waals surface area contributed by atoms with E-state index in [2.05, 4.69) is 0 Å². The average molecular weight is 255 g/mol. The van der Waals surface area contributed by atoms with Crippen LogP contribution in [0.15, 0.2) is 30.4 Å². The van der Waals surface area contributed by atoms with Crippen LogP contribution in [0, 0.1) is 6.92 Å². The molecule has 1 heterocycles. The van der Waals surface area contributed by atoms with Crippen molar-refractivity contribution in [2.24, 2.45) is 5.73 Å². The first-order valence-electron chi connectivity index (χ1n) is 5.22. The van der Waals surface area contributed by atoms with Crippen LogP contribution in [-0.2, 0) is 4.79 Å². The van der Waals surface area contributed by atoms with Gasteiger partial charge in [0.05, 0.1) is 0 Å². The molecule has 0 aliphatic carbocycles. The van der Waals surface area contributed by atoms with E-state index in [1.165, 1.54) is 6.08 Å². The van der Waals surface area contributed by atoms with Crippen LogP contribution in [0.3, 0.4) is 0 Å². The molecule has 0 spiro atoms. The van der Waals surface area contributed by atoms with Gasteiger partial charge in [-0.2, -0.15) is 0 Å². The van der Waals surface area contributed by atoms with Crippen LogP contribution >= 0.6 is 0 Å². The second-order valence-corrected chi connectivity index (χ2v) is 3.63. The van der Waals surface area contributed by atoms with E-state index in [1.807, 2.05) is 25.1 Å². The fourth-order valence-electron chi connectivity index (χ4n) is 1.62. The molecule has 90 valence electrons. The standard InChI is InChI=1S/C13H13NO3.Na.H/c1-9-10(4-2-3-5-12(14)15)6-7-11-13(9)17-8-16-11;;/h2-7H,8H2,1H3,(H2,14,15);;/q;+1;-1. The zero-order valence-corrected chi connectivity index (χ0v) is 12.5. The van der Waals surface area contributed by atoms with E-state index in [0.717, 1.165) is 22.6 Å². The maximum Gasteiger partial charge on any atom is 1.00 e. The molecule has 0 fully saturated rings. The van der Waals surface area contributed by atoms with Crippen LogP contribution in [0.5, 0.6) is 11.5 Å². The summed E-state index contributed by atoms with van der Waals surface area (Å²) in [7, 11) is 0. The van der Waals surface area contributed by atoms with Crippen molar-refractivity contribution in [2.75, 3.05) is 6.79 Å². The molecular weight excluding hydrogens is 241 g/mol. The molecular formula is C13H14NNaO3. The van der Waals surface area contributed by atoms with Crippen molar-refractivity contribution in [1.29, 1.82) is 0 Å². The van der Waals surface area contributed by atoms with Crippen molar-refractivity contribution in [2.45, 2.75) is 6.92 Å². The minimum atomic E-state index is -0.461. The Morgan fingerprint density at radius 3 is 2.89 bits per heavy atom. The van der Waals surface area contributed by atoms with Gasteiger partial charge in [0.15, 0.2) is 11.5 Å². The van der Waals surface area contributed by atoms with E-state index in [4.69, 9.17) is 15.2 Å². The number of carbonyl (C=O) groups is 1. The fraction of sp³-hybridized carbons (Fsp3) is 0.154. The minimum absolute atomic E-state index is 0. The van der Waals surface area contributed by atoms with Gasteiger partial charge in [0.1, 0.15) is 0 Å². The number of nitrogens with two attached hydrogens (primary N) is 1. The Hall–Kier alpha value is -1.23. The number of hydrogen-bond acceptors (Lipinski definition) is 3. The number of rotatable bonds is 3. The monoisotopic (exact) mass is 255 g/mol. The zero-order valence-electron chi connectivity index (χ0n) is 11.5. The molecule has 0 aromatic heterocycles. The third-order valence-corrected chi connectivity index (χ3v) is 2.48. The Morgan fingerprint density at radius 2 is 2.17 bits per heavy atom. The summed E-state index contributed by atoms with van der Waals surface area (Å²) < 4.78 is 10.6. The first-order chi connectivity index (χ1) is 8.18. The Labute approximate surface area is 129 Å². The van der Waals surface area contributed by atoms with Crippen LogP contribution in [0.2, 0.25) is 0 Å². The van der Waals surface area contributed by atoms with Gasteiger partial charge in [0.2, 0.25) is 12.7 Å². The van der Waals surface area contributed by atoms with Crippen molar-refractivity contribution in [3.8, 4) is 11.5 Å². The third kappa shape index (κ3) is 3.38. The van der Waals surface area contributed by atoms with Gasteiger partial charge in [0, 0.05) is 11.6 Å². The second-order valence-electron chi connectivity index (χ2n) is 3.63. The summed E-state index contributed by atoms with van der Waals surface area (Å²) in [6.45, 7) is 2.23. The molecule has 2 rings (SSSR count). The van der Waals surface area contributed by atoms with E-state index >= 15 is 0 Å². The molecule has 0 unspecified atom stereocenters. The van der Waals surface area contributed by atoms with Gasteiger partial charge in [-0.3, -0.25) is 4.79 Å². The van der Waals surface area contributed by atoms with Crippen molar-refractivity contribution in [3.63, 3.8) is 0 Å². The van der Waals surface area contributed by atoms with Crippen molar-refractivity contribution < 1.29 is 45.3 Å². The number of allylic oxidation sites excluding steroid dienone is 2. The quantitative estimate of drug-likeness (QED) is 0.423. The fourth-order valence-corrected chi connectivity index (χ4v) is 1.62. The summed E-state index contributed by atoms with van der Waals surface area (Å²) >= 11 is 0. The molecule has 0 radical (unpaired) electrons. The molecule has 1 aliphatic rings. The minimum Gasteiger partial charge on any atom is -1.00 e. The molecule has 1 aromatic carbocycles. The van der Waals surface area contributed by atoms with Crippen LogP contribution in [0.1, 0.15) is 12.6 Å². The average Bonchev–Trinajstić information content (AvgIpc) is 2.75. The number of primary amides is 1. The molecule has 0 saturated heterocycles. The molecule has 18 heavy (non-hydrogen) atoms. The largest absolute Gasteiger partial charge is 1.00 e. The van der Waals surface area contributed by atoms with Crippen LogP contribution in [0.4, 0.5) is 0 Å². The Balaban J connectivity index is 0.00000162. The summed E-state index contributed by atoms with van der Waals surface area (Å²) in [5.74, 6) is 1.09. The number of fused-ring (bicyclic) bond motifs is 1. The molecule has 4 nitrogen and oxygen atoms in total. The first-order valence-corrected chi connectivity index (χ1v) is 5.22. The number of amides is 1. The molecule has 1 aromatic rings. The molecule has 1 aliphatic heterocycles. The van der Waals surface area contributed by atoms with Crippen LogP contribution in [0.25, 0.3) is 6.08 Å². The Bertz CT molecular complexity index is 515. The van der Waals surface area contributed by atoms with Crippen molar-refractivity contribution in [3.05, 3.63) is 41.5 Å². The van der Waals surface area contributed by atoms with E-state index < -0.39 is 5.91 Å². The zero-order chi connectivity index (χ0) is 12.3. The molecule has 1 amide bonds. The summed E-state index contributed by atoms with van der Waals surface area (Å²) in [5, 5.41) is 0. The number of ether oxygens (including phenoxy) is 2. The first kappa shape index (κ1) is 14.8. The normalized spacial score (nSPS) is 12.9. The molecule has 0 saturated carbocycles. The maximum absolute atomic E-state index is 10.5. The van der Waals surface area contributed by atoms with Crippen LogP contribution in [-0.4, -0.2) is 12.7 Å². The van der Waals surface area contributed by atoms with Gasteiger partial charge in [0.25, 0.3) is 0 Å². The third-order valence-electron chi connectivity index (χ3n) is 2.48. The number of carbonyl (C=O) groups excluding carboxylic acids is 1. The number of benzene rings is 1. The summed E-state index contributed by atoms with van der Waals surface area (Å²) in [6, 6.07) is 3.81. The van der Waals surface area contributed by atoms with E-state index in [0.29, 0.717) is 0 Å². The van der Waals surface area contributed by atoms with E-state index in [-0.39, 0.29) is 37.8 Å². The smallest absolute Gasteiger partial charge is 1.00 e. The van der Waals surface area contributed by atoms with Crippen LogP contribution < -0.4 is 44.8 Å². The van der Waals surface area contributed by atoms with Gasteiger partial charge in [-0.05, 0) is 18.6 Å². The number of hydrogen-bond donors (Lipinski definition) is 1. The summed E-state index contributed by atoms with van der Waals surface area (Å²) in [4.78, 5) is 10.5. The van der Waals surface area contributed by atoms with Gasteiger partial charge < -0.3 is 16.6 Å². The SMILES string of the molecule is Cc1c(C=CC=CC(N)=O)ccc2c1OCO2.[H-].[Na+]. The molecule has 0 bridgehead atoms. The van der Waals surface area contributed by atoms with Crippen molar-refractivity contribution >= 4 is 12.0 Å².